The van der Waals surface area contributed by atoms with Crippen LogP contribution in [0.2, 0.25) is 0 Å². The lowest BCUT2D eigenvalue weighted by Crippen LogP contribution is -2.46. The van der Waals surface area contributed by atoms with Gasteiger partial charge in [0, 0.05) is 17.5 Å². The van der Waals surface area contributed by atoms with Crippen LogP contribution in [0.15, 0.2) is 18.2 Å². The molecule has 1 amide bonds. The number of carbonyl (C=O) groups excluding carboxylic acids is 1. The quantitative estimate of drug-likeness (QED) is 0.880. The summed E-state index contributed by atoms with van der Waals surface area (Å²) in [7, 11) is 0. The van der Waals surface area contributed by atoms with E-state index in [1.165, 1.54) is 16.8 Å². The molecule has 0 aliphatic heterocycles. The maximum Gasteiger partial charge on any atom is 0.272 e. The third kappa shape index (κ3) is 2.61. The van der Waals surface area contributed by atoms with Crippen LogP contribution >= 0.6 is 0 Å². The number of aliphatic hydroxyl groups excluding tert-OH is 1. The molecule has 2 aliphatic carbocycles. The first-order valence-electron chi connectivity index (χ1n) is 8.82. The zero-order valence-corrected chi connectivity index (χ0v) is 14.7. The van der Waals surface area contributed by atoms with E-state index in [4.69, 9.17) is 0 Å². The number of amides is 1. The zero-order chi connectivity index (χ0) is 18.6. The average Bonchev–Trinajstić information content (AvgIpc) is 3.26. The van der Waals surface area contributed by atoms with Gasteiger partial charge in [-0.1, -0.05) is 0 Å². The summed E-state index contributed by atoms with van der Waals surface area (Å²) in [5.74, 6) is -1.27. The number of aliphatic hydroxyl groups is 1. The molecule has 1 fully saturated rings. The van der Waals surface area contributed by atoms with Crippen molar-refractivity contribution in [3.63, 3.8) is 0 Å². The number of nitrogens with one attached hydrogen (secondary N) is 1. The monoisotopic (exact) mass is 361 g/mol. The van der Waals surface area contributed by atoms with Gasteiger partial charge in [0.2, 0.25) is 0 Å². The predicted octanol–water partition coefficient (Wildman–Crippen LogP) is 3.02. The normalized spacial score (nSPS) is 21.1. The Morgan fingerprint density at radius 1 is 1.35 bits per heavy atom. The van der Waals surface area contributed by atoms with Crippen molar-refractivity contribution in [3.05, 3.63) is 46.8 Å². The highest BCUT2D eigenvalue weighted by atomic mass is 19.1. The van der Waals surface area contributed by atoms with E-state index >= 15 is 0 Å². The van der Waals surface area contributed by atoms with Gasteiger partial charge in [0.05, 0.1) is 17.8 Å². The van der Waals surface area contributed by atoms with Gasteiger partial charge in [-0.05, 0) is 51.2 Å². The number of rotatable bonds is 4. The maximum absolute atomic E-state index is 14.3. The lowest BCUT2D eigenvalue weighted by molar-refractivity contribution is 0.0862. The summed E-state index contributed by atoms with van der Waals surface area (Å²) in [6.07, 6.45) is 2.90. The number of benzene rings is 1. The fourth-order valence-corrected chi connectivity index (χ4v) is 4.14. The third-order valence-electron chi connectivity index (χ3n) is 5.39. The smallest absolute Gasteiger partial charge is 0.272 e. The van der Waals surface area contributed by atoms with Gasteiger partial charge in [0.15, 0.2) is 11.5 Å². The van der Waals surface area contributed by atoms with Gasteiger partial charge in [0.1, 0.15) is 11.5 Å². The second-order valence-electron chi connectivity index (χ2n) is 7.86. The molecule has 1 saturated carbocycles. The Balaban J connectivity index is 1.83. The Hall–Kier alpha value is -2.28. The molecule has 1 aromatic heterocycles. The minimum Gasteiger partial charge on any atom is -0.394 e. The van der Waals surface area contributed by atoms with E-state index in [0.29, 0.717) is 0 Å². The zero-order valence-electron chi connectivity index (χ0n) is 14.7. The summed E-state index contributed by atoms with van der Waals surface area (Å²) in [4.78, 5) is 12.8. The SMILES string of the molecule is CC(C)(CO)NC(=O)c1nn(-c2ccc(F)cc2F)c2c1[C@H]1CC[C@@H]2C1. The largest absolute Gasteiger partial charge is 0.394 e. The second kappa shape index (κ2) is 5.87. The molecule has 138 valence electrons. The molecule has 2 bridgehead atoms. The molecular weight excluding hydrogens is 340 g/mol. The lowest BCUT2D eigenvalue weighted by Gasteiger charge is -2.23. The number of nitrogens with zero attached hydrogens (tertiary/aromatic N) is 2. The van der Waals surface area contributed by atoms with Crippen molar-refractivity contribution >= 4 is 5.91 Å². The molecule has 4 rings (SSSR count). The van der Waals surface area contributed by atoms with Crippen molar-refractivity contribution in [3.8, 4) is 5.69 Å². The molecule has 7 heteroatoms. The molecule has 2 aromatic rings. The highest BCUT2D eigenvalue weighted by Crippen LogP contribution is 2.54. The number of aromatic nitrogens is 2. The molecule has 0 radical (unpaired) electrons. The van der Waals surface area contributed by atoms with E-state index in [1.54, 1.807) is 13.8 Å². The van der Waals surface area contributed by atoms with Crippen molar-refractivity contribution < 1.29 is 18.7 Å². The van der Waals surface area contributed by atoms with Gasteiger partial charge >= 0.3 is 0 Å². The minimum absolute atomic E-state index is 0.149. The maximum atomic E-state index is 14.3. The first-order valence-corrected chi connectivity index (χ1v) is 8.82. The molecule has 0 unspecified atom stereocenters. The molecule has 1 aromatic carbocycles. The van der Waals surface area contributed by atoms with E-state index in [0.717, 1.165) is 36.6 Å². The van der Waals surface area contributed by atoms with E-state index in [2.05, 4.69) is 10.4 Å². The van der Waals surface area contributed by atoms with Crippen LogP contribution in [0.3, 0.4) is 0 Å². The highest BCUT2D eigenvalue weighted by molar-refractivity contribution is 5.95. The summed E-state index contributed by atoms with van der Waals surface area (Å²) in [5.41, 5.74) is 1.37. The van der Waals surface area contributed by atoms with Gasteiger partial charge in [0.25, 0.3) is 5.91 Å². The molecule has 2 aliphatic rings. The van der Waals surface area contributed by atoms with Crippen molar-refractivity contribution in [2.75, 3.05) is 6.61 Å². The van der Waals surface area contributed by atoms with Crippen LogP contribution in [-0.2, 0) is 0 Å². The summed E-state index contributed by atoms with van der Waals surface area (Å²) < 4.78 is 29.1. The van der Waals surface area contributed by atoms with E-state index in [-0.39, 0.29) is 35.7 Å². The summed E-state index contributed by atoms with van der Waals surface area (Å²) in [6.45, 7) is 3.22. The first kappa shape index (κ1) is 17.1. The number of hydrogen-bond donors (Lipinski definition) is 2. The fraction of sp³-hybridized carbons (Fsp3) is 0.474. The van der Waals surface area contributed by atoms with Crippen molar-refractivity contribution in [1.29, 1.82) is 0 Å². The van der Waals surface area contributed by atoms with Crippen LogP contribution in [0.4, 0.5) is 8.78 Å². The van der Waals surface area contributed by atoms with E-state index < -0.39 is 17.2 Å². The Labute approximate surface area is 150 Å². The van der Waals surface area contributed by atoms with E-state index in [1.807, 2.05) is 0 Å². The van der Waals surface area contributed by atoms with Crippen molar-refractivity contribution in [1.82, 2.24) is 15.1 Å². The molecule has 1 heterocycles. The predicted molar refractivity (Wildman–Crippen MR) is 91.4 cm³/mol. The second-order valence-corrected chi connectivity index (χ2v) is 7.86. The number of halogens is 2. The Morgan fingerprint density at radius 3 is 2.77 bits per heavy atom. The Kier molecular flexibility index (Phi) is 3.87. The molecule has 0 spiro atoms. The fourth-order valence-electron chi connectivity index (χ4n) is 4.14. The third-order valence-corrected chi connectivity index (χ3v) is 5.39. The number of hydrogen-bond acceptors (Lipinski definition) is 3. The lowest BCUT2D eigenvalue weighted by atomic mass is 9.94. The average molecular weight is 361 g/mol. The minimum atomic E-state index is -0.785. The number of fused-ring (bicyclic) bond motifs is 5. The molecule has 0 saturated heterocycles. The molecule has 2 atom stereocenters. The van der Waals surface area contributed by atoms with Crippen LogP contribution in [0.25, 0.3) is 5.69 Å². The van der Waals surface area contributed by atoms with Crippen LogP contribution in [0, 0.1) is 11.6 Å². The first-order chi connectivity index (χ1) is 12.3. The van der Waals surface area contributed by atoms with Crippen LogP contribution in [-0.4, -0.2) is 32.9 Å². The van der Waals surface area contributed by atoms with E-state index in [9.17, 15) is 18.7 Å². The standard InChI is InChI=1S/C19H21F2N3O2/c1-19(2,9-25)22-18(26)16-15-10-3-4-11(7-10)17(15)24(23-16)14-6-5-12(20)8-13(14)21/h5-6,8,10-11,25H,3-4,7,9H2,1-2H3,(H,22,26)/t10-,11+/m0/s1. The van der Waals surface area contributed by atoms with Gasteiger partial charge < -0.3 is 10.4 Å². The van der Waals surface area contributed by atoms with Crippen molar-refractivity contribution in [2.24, 2.45) is 0 Å². The van der Waals surface area contributed by atoms with Crippen LogP contribution < -0.4 is 5.32 Å². The van der Waals surface area contributed by atoms with Gasteiger partial charge in [-0.15, -0.1) is 0 Å². The van der Waals surface area contributed by atoms with Crippen molar-refractivity contribution in [2.45, 2.75) is 50.5 Å². The molecule has 26 heavy (non-hydrogen) atoms. The molecule has 5 nitrogen and oxygen atoms in total. The van der Waals surface area contributed by atoms with Gasteiger partial charge in [-0.3, -0.25) is 4.79 Å². The summed E-state index contributed by atoms with van der Waals surface area (Å²) in [5, 5.41) is 16.6. The summed E-state index contributed by atoms with van der Waals surface area (Å²) in [6, 6.07) is 3.36. The van der Waals surface area contributed by atoms with Crippen LogP contribution in [0.1, 0.15) is 66.7 Å². The highest BCUT2D eigenvalue weighted by Gasteiger charge is 2.44. The molecular formula is C19H21F2N3O2. The van der Waals surface area contributed by atoms with Gasteiger partial charge in [-0.25, -0.2) is 13.5 Å². The topological polar surface area (TPSA) is 67.2 Å². The number of carbonyl (C=O) groups is 1. The van der Waals surface area contributed by atoms with Gasteiger partial charge in [-0.2, -0.15) is 5.10 Å². The Morgan fingerprint density at radius 2 is 2.08 bits per heavy atom. The Bertz CT molecular complexity index is 891. The van der Waals surface area contributed by atoms with Crippen LogP contribution in [0.5, 0.6) is 0 Å². The summed E-state index contributed by atoms with van der Waals surface area (Å²) >= 11 is 0. The molecule has 2 N–H and O–H groups in total.